The Morgan fingerprint density at radius 1 is 1.67 bits per heavy atom. The second-order valence-electron chi connectivity index (χ2n) is 1.85. The fourth-order valence-corrected chi connectivity index (χ4v) is 0.847. The van der Waals surface area contributed by atoms with E-state index < -0.39 is 5.91 Å². The van der Waals surface area contributed by atoms with E-state index in [2.05, 4.69) is 9.98 Å². The van der Waals surface area contributed by atoms with Crippen molar-refractivity contribution < 1.29 is 9.59 Å². The Morgan fingerprint density at radius 3 is 3.00 bits per heavy atom. The van der Waals surface area contributed by atoms with Crippen molar-refractivity contribution >= 4 is 23.6 Å². The summed E-state index contributed by atoms with van der Waals surface area (Å²) < 4.78 is 0. The van der Waals surface area contributed by atoms with Gasteiger partial charge in [0, 0.05) is 6.20 Å². The fourth-order valence-electron chi connectivity index (χ4n) is 0.647. The molecule has 0 aliphatic rings. The van der Waals surface area contributed by atoms with Crippen molar-refractivity contribution in [3.8, 4) is 0 Å². The van der Waals surface area contributed by atoms with Gasteiger partial charge < -0.3 is 0 Å². The molecule has 1 rings (SSSR count). The number of nitrogens with zero attached hydrogens (tertiary/aromatic N) is 2. The van der Waals surface area contributed by atoms with Gasteiger partial charge in [-0.3, -0.25) is 4.79 Å². The smallest absolute Gasteiger partial charge is 0.266 e. The maximum atomic E-state index is 10.9. The van der Waals surface area contributed by atoms with Gasteiger partial charge in [-0.25, -0.2) is 9.78 Å². The van der Waals surface area contributed by atoms with Gasteiger partial charge in [0.2, 0.25) is 6.08 Å². The van der Waals surface area contributed by atoms with Crippen LogP contribution in [-0.4, -0.2) is 17.0 Å². The van der Waals surface area contributed by atoms with Crippen LogP contribution in [0.25, 0.3) is 0 Å². The van der Waals surface area contributed by atoms with Gasteiger partial charge in [0.25, 0.3) is 5.91 Å². The topological polar surface area (TPSA) is 59.4 Å². The Bertz CT molecular complexity index is 358. The monoisotopic (exact) mass is 182 g/mol. The number of aliphatic imine (C=N–C) groups is 1. The molecule has 0 aliphatic carbocycles. The zero-order valence-corrected chi connectivity index (χ0v) is 6.58. The SMILES string of the molecule is O=C=NC(=O)c1cccnc1Cl. The number of hydrogen-bond donors (Lipinski definition) is 0. The molecule has 1 heterocycles. The van der Waals surface area contributed by atoms with Crippen LogP contribution in [0.3, 0.4) is 0 Å². The number of aromatic nitrogens is 1. The minimum atomic E-state index is -0.733. The molecule has 0 fully saturated rings. The highest BCUT2D eigenvalue weighted by atomic mass is 35.5. The molecule has 0 aliphatic heterocycles. The lowest BCUT2D eigenvalue weighted by molar-refractivity contribution is 0.100. The Hall–Kier alpha value is -1.51. The van der Waals surface area contributed by atoms with E-state index in [-0.39, 0.29) is 10.7 Å². The summed E-state index contributed by atoms with van der Waals surface area (Å²) in [4.78, 5) is 27.2. The van der Waals surface area contributed by atoms with E-state index in [4.69, 9.17) is 11.6 Å². The summed E-state index contributed by atoms with van der Waals surface area (Å²) in [6.45, 7) is 0. The van der Waals surface area contributed by atoms with Crippen molar-refractivity contribution in [1.29, 1.82) is 0 Å². The van der Waals surface area contributed by atoms with Gasteiger partial charge in [-0.15, -0.1) is 4.99 Å². The first kappa shape index (κ1) is 8.59. The minimum absolute atomic E-state index is 0.0292. The Morgan fingerprint density at radius 2 is 2.42 bits per heavy atom. The second kappa shape index (κ2) is 3.76. The molecule has 0 N–H and O–H groups in total. The van der Waals surface area contributed by atoms with Gasteiger partial charge in [-0.05, 0) is 12.1 Å². The first-order chi connectivity index (χ1) is 5.75. The van der Waals surface area contributed by atoms with Crippen LogP contribution in [0.5, 0.6) is 0 Å². The summed E-state index contributed by atoms with van der Waals surface area (Å²) in [5, 5.41) is 0.0292. The average molecular weight is 183 g/mol. The summed E-state index contributed by atoms with van der Waals surface area (Å²) in [5.74, 6) is -0.733. The summed E-state index contributed by atoms with van der Waals surface area (Å²) in [6, 6.07) is 2.96. The van der Waals surface area contributed by atoms with E-state index in [1.807, 2.05) is 0 Å². The van der Waals surface area contributed by atoms with Crippen molar-refractivity contribution in [1.82, 2.24) is 4.98 Å². The van der Waals surface area contributed by atoms with E-state index in [9.17, 15) is 9.59 Å². The minimum Gasteiger partial charge on any atom is -0.266 e. The lowest BCUT2D eigenvalue weighted by Gasteiger charge is -1.93. The number of hydrogen-bond acceptors (Lipinski definition) is 3. The van der Waals surface area contributed by atoms with E-state index in [0.717, 1.165) is 6.08 Å². The zero-order chi connectivity index (χ0) is 8.97. The molecule has 0 saturated carbocycles. The van der Waals surface area contributed by atoms with E-state index in [1.54, 1.807) is 0 Å². The molecule has 4 nitrogen and oxygen atoms in total. The molecule has 1 aromatic rings. The Kier molecular flexibility index (Phi) is 2.69. The van der Waals surface area contributed by atoms with Crippen molar-refractivity contribution in [3.05, 3.63) is 29.0 Å². The van der Waals surface area contributed by atoms with Crippen LogP contribution in [-0.2, 0) is 4.79 Å². The standard InChI is InChI=1S/C7H3ClN2O2/c8-6-5(2-1-3-9-6)7(12)10-4-11/h1-3H. The van der Waals surface area contributed by atoms with Gasteiger partial charge in [-0.2, -0.15) is 0 Å². The maximum absolute atomic E-state index is 10.9. The molecule has 5 heteroatoms. The first-order valence-corrected chi connectivity index (χ1v) is 3.36. The fraction of sp³-hybridized carbons (Fsp3) is 0. The quantitative estimate of drug-likeness (QED) is 0.373. The van der Waals surface area contributed by atoms with Crippen LogP contribution >= 0.6 is 11.6 Å². The molecule has 0 saturated heterocycles. The highest BCUT2D eigenvalue weighted by Crippen LogP contribution is 2.11. The molecule has 0 spiro atoms. The molecule has 0 radical (unpaired) electrons. The third-order valence-electron chi connectivity index (χ3n) is 1.14. The number of halogens is 1. The third kappa shape index (κ3) is 1.75. The van der Waals surface area contributed by atoms with Crippen LogP contribution in [0.4, 0.5) is 0 Å². The van der Waals surface area contributed by atoms with Crippen LogP contribution in [0.15, 0.2) is 23.3 Å². The lowest BCUT2D eigenvalue weighted by Crippen LogP contribution is -1.96. The van der Waals surface area contributed by atoms with Crippen molar-refractivity contribution in [3.63, 3.8) is 0 Å². The molecule has 0 atom stereocenters. The van der Waals surface area contributed by atoms with Gasteiger partial charge in [-0.1, -0.05) is 11.6 Å². The average Bonchev–Trinajstić information content (AvgIpc) is 2.05. The Balaban J connectivity index is 3.11. The van der Waals surface area contributed by atoms with Crippen LogP contribution in [0.1, 0.15) is 10.4 Å². The summed E-state index contributed by atoms with van der Waals surface area (Å²) in [7, 11) is 0. The lowest BCUT2D eigenvalue weighted by atomic mass is 10.3. The second-order valence-corrected chi connectivity index (χ2v) is 2.21. The van der Waals surface area contributed by atoms with Crippen LogP contribution in [0.2, 0.25) is 5.15 Å². The van der Waals surface area contributed by atoms with Crippen molar-refractivity contribution in [2.75, 3.05) is 0 Å². The molecule has 1 amide bonds. The Labute approximate surface area is 72.9 Å². The predicted molar refractivity (Wildman–Crippen MR) is 41.7 cm³/mol. The van der Waals surface area contributed by atoms with Gasteiger partial charge in [0.1, 0.15) is 5.15 Å². The first-order valence-electron chi connectivity index (χ1n) is 2.98. The van der Waals surface area contributed by atoms with Crippen molar-refractivity contribution in [2.24, 2.45) is 4.99 Å². The molecule has 0 aromatic carbocycles. The summed E-state index contributed by atoms with van der Waals surface area (Å²) >= 11 is 5.53. The highest BCUT2D eigenvalue weighted by molar-refractivity contribution is 6.32. The molecule has 12 heavy (non-hydrogen) atoms. The molecular formula is C7H3ClN2O2. The third-order valence-corrected chi connectivity index (χ3v) is 1.44. The van der Waals surface area contributed by atoms with Crippen LogP contribution in [0, 0.1) is 0 Å². The van der Waals surface area contributed by atoms with Gasteiger partial charge in [0.05, 0.1) is 5.56 Å². The molecule has 0 bridgehead atoms. The molecular weight excluding hydrogens is 180 g/mol. The maximum Gasteiger partial charge on any atom is 0.290 e. The van der Waals surface area contributed by atoms with Gasteiger partial charge >= 0.3 is 0 Å². The van der Waals surface area contributed by atoms with E-state index >= 15 is 0 Å². The van der Waals surface area contributed by atoms with E-state index in [1.165, 1.54) is 18.3 Å². The molecule has 60 valence electrons. The summed E-state index contributed by atoms with van der Waals surface area (Å²) in [5.41, 5.74) is 0.0996. The number of carbonyl (C=O) groups is 1. The number of pyridine rings is 1. The normalized spacial score (nSPS) is 8.75. The number of rotatable bonds is 1. The number of isocyanates is 1. The zero-order valence-electron chi connectivity index (χ0n) is 5.82. The van der Waals surface area contributed by atoms with E-state index in [0.29, 0.717) is 0 Å². The summed E-state index contributed by atoms with van der Waals surface area (Å²) in [6.07, 6.45) is 2.57. The number of amides is 1. The number of carbonyl (C=O) groups excluding carboxylic acids is 2. The largest absolute Gasteiger partial charge is 0.290 e. The van der Waals surface area contributed by atoms with Crippen molar-refractivity contribution in [2.45, 2.75) is 0 Å². The van der Waals surface area contributed by atoms with Crippen LogP contribution < -0.4 is 0 Å². The highest BCUT2D eigenvalue weighted by Gasteiger charge is 2.08. The van der Waals surface area contributed by atoms with Gasteiger partial charge in [0.15, 0.2) is 0 Å². The predicted octanol–water partition coefficient (Wildman–Crippen LogP) is 1.21. The molecule has 1 aromatic heterocycles. The molecule has 0 unspecified atom stereocenters.